The van der Waals surface area contributed by atoms with Crippen molar-refractivity contribution in [3.05, 3.63) is 74.7 Å². The molecule has 11 heteroatoms. The van der Waals surface area contributed by atoms with Crippen LogP contribution in [0.15, 0.2) is 56.6 Å². The van der Waals surface area contributed by atoms with Crippen molar-refractivity contribution in [2.75, 3.05) is 0 Å². The molecule has 4 aromatic heterocycles. The Balaban J connectivity index is 1.85. The molecule has 0 spiro atoms. The summed E-state index contributed by atoms with van der Waals surface area (Å²) in [7, 11) is 0. The second kappa shape index (κ2) is 6.42. The molecule has 0 fully saturated rings. The van der Waals surface area contributed by atoms with Crippen molar-refractivity contribution in [3.63, 3.8) is 0 Å². The van der Waals surface area contributed by atoms with Crippen molar-refractivity contribution in [2.45, 2.75) is 13.1 Å². The van der Waals surface area contributed by atoms with Gasteiger partial charge in [-0.15, -0.1) is 0 Å². The Morgan fingerprint density at radius 3 is 2.48 bits per heavy atom. The van der Waals surface area contributed by atoms with Gasteiger partial charge in [0.15, 0.2) is 16.8 Å². The second-order valence-corrected chi connectivity index (χ2v) is 6.82. The topological polar surface area (TPSA) is 109 Å². The van der Waals surface area contributed by atoms with E-state index in [2.05, 4.69) is 20.1 Å². The molecule has 31 heavy (non-hydrogen) atoms. The van der Waals surface area contributed by atoms with Gasteiger partial charge in [-0.3, -0.25) is 9.59 Å². The van der Waals surface area contributed by atoms with E-state index in [1.807, 2.05) is 0 Å². The van der Waals surface area contributed by atoms with E-state index in [9.17, 15) is 22.8 Å². The van der Waals surface area contributed by atoms with Gasteiger partial charge in [0.1, 0.15) is 11.2 Å². The molecule has 5 aromatic rings. The minimum Gasteiger partial charge on any atom is -0.436 e. The van der Waals surface area contributed by atoms with Gasteiger partial charge in [-0.05, 0) is 18.6 Å². The van der Waals surface area contributed by atoms with Gasteiger partial charge in [0.2, 0.25) is 5.89 Å². The van der Waals surface area contributed by atoms with E-state index < -0.39 is 23.0 Å². The number of fused-ring (bicyclic) bond motifs is 2. The van der Waals surface area contributed by atoms with E-state index in [1.54, 1.807) is 18.2 Å². The zero-order valence-electron chi connectivity index (χ0n) is 15.7. The van der Waals surface area contributed by atoms with Crippen molar-refractivity contribution in [2.24, 2.45) is 0 Å². The summed E-state index contributed by atoms with van der Waals surface area (Å²) in [6.07, 6.45) is -3.44. The third-order valence-electron chi connectivity index (χ3n) is 4.83. The molecule has 0 saturated heterocycles. The fourth-order valence-electron chi connectivity index (χ4n) is 3.49. The number of H-pyrrole nitrogens is 2. The molecule has 2 N–H and O–H groups in total. The molecular weight excluding hydrogens is 415 g/mol. The van der Waals surface area contributed by atoms with Gasteiger partial charge < -0.3 is 14.4 Å². The monoisotopic (exact) mass is 427 g/mol. The van der Waals surface area contributed by atoms with E-state index in [0.717, 1.165) is 0 Å². The highest BCUT2D eigenvalue weighted by atomic mass is 19.4. The van der Waals surface area contributed by atoms with E-state index in [-0.39, 0.29) is 45.0 Å². The SMILES string of the molecule is Cc1[nH]c2c(-c3ccccc3)c(C(F)(F)F)nn2c(=O)c1-c1nc2c(=O)[nH]ccc2o1. The lowest BCUT2D eigenvalue weighted by molar-refractivity contribution is -0.140. The molecule has 156 valence electrons. The van der Waals surface area contributed by atoms with Crippen molar-refractivity contribution >= 4 is 16.7 Å². The minimum atomic E-state index is -4.80. The highest BCUT2D eigenvalue weighted by molar-refractivity contribution is 5.82. The van der Waals surface area contributed by atoms with Crippen LogP contribution in [0.5, 0.6) is 0 Å². The predicted octanol–water partition coefficient (Wildman–Crippen LogP) is 3.51. The van der Waals surface area contributed by atoms with Crippen LogP contribution in [-0.2, 0) is 6.18 Å². The minimum absolute atomic E-state index is 0.0298. The molecule has 0 saturated carbocycles. The lowest BCUT2D eigenvalue weighted by Gasteiger charge is -2.07. The Morgan fingerprint density at radius 1 is 1.06 bits per heavy atom. The molecular formula is C20H12F3N5O3. The van der Waals surface area contributed by atoms with Crippen molar-refractivity contribution < 1.29 is 17.6 Å². The summed E-state index contributed by atoms with van der Waals surface area (Å²) in [6, 6.07) is 9.31. The third-order valence-corrected chi connectivity index (χ3v) is 4.83. The van der Waals surface area contributed by atoms with Crippen LogP contribution < -0.4 is 11.1 Å². The maximum Gasteiger partial charge on any atom is 0.435 e. The fraction of sp³-hybridized carbons (Fsp3) is 0.100. The van der Waals surface area contributed by atoms with Crippen LogP contribution in [0.4, 0.5) is 13.2 Å². The molecule has 0 unspecified atom stereocenters. The Hall–Kier alpha value is -4.15. The fourth-order valence-corrected chi connectivity index (χ4v) is 3.49. The Kier molecular flexibility index (Phi) is 3.91. The zero-order chi connectivity index (χ0) is 21.9. The molecule has 0 atom stereocenters. The highest BCUT2D eigenvalue weighted by Crippen LogP contribution is 2.38. The van der Waals surface area contributed by atoms with E-state index >= 15 is 0 Å². The number of halogens is 3. The number of nitrogens with one attached hydrogen (secondary N) is 2. The van der Waals surface area contributed by atoms with Crippen molar-refractivity contribution in [1.82, 2.24) is 24.6 Å². The van der Waals surface area contributed by atoms with Crippen LogP contribution in [-0.4, -0.2) is 24.6 Å². The second-order valence-electron chi connectivity index (χ2n) is 6.82. The number of benzene rings is 1. The molecule has 5 rings (SSSR count). The van der Waals surface area contributed by atoms with E-state index in [1.165, 1.54) is 31.3 Å². The number of aromatic nitrogens is 5. The molecule has 4 heterocycles. The van der Waals surface area contributed by atoms with Gasteiger partial charge in [0.05, 0.1) is 5.56 Å². The quantitative estimate of drug-likeness (QED) is 0.448. The average molecular weight is 427 g/mol. The van der Waals surface area contributed by atoms with E-state index in [0.29, 0.717) is 4.52 Å². The zero-order valence-corrected chi connectivity index (χ0v) is 15.7. The molecule has 0 aliphatic carbocycles. The first-order valence-corrected chi connectivity index (χ1v) is 9.02. The first kappa shape index (κ1) is 18.9. The molecule has 0 bridgehead atoms. The maximum absolute atomic E-state index is 13.8. The number of aromatic amines is 2. The maximum atomic E-state index is 13.8. The summed E-state index contributed by atoms with van der Waals surface area (Å²) in [5.74, 6) is -0.197. The number of alkyl halides is 3. The number of nitrogens with zero attached hydrogens (tertiary/aromatic N) is 3. The smallest absolute Gasteiger partial charge is 0.435 e. The number of rotatable bonds is 2. The van der Waals surface area contributed by atoms with Crippen molar-refractivity contribution in [1.29, 1.82) is 0 Å². The molecule has 0 radical (unpaired) electrons. The molecule has 0 aliphatic heterocycles. The summed E-state index contributed by atoms with van der Waals surface area (Å²) >= 11 is 0. The van der Waals surface area contributed by atoms with Crippen LogP contribution in [0.2, 0.25) is 0 Å². The first-order chi connectivity index (χ1) is 14.8. The van der Waals surface area contributed by atoms with Crippen LogP contribution >= 0.6 is 0 Å². The predicted molar refractivity (Wildman–Crippen MR) is 105 cm³/mol. The van der Waals surface area contributed by atoms with Gasteiger partial charge >= 0.3 is 6.18 Å². The van der Waals surface area contributed by atoms with Crippen LogP contribution in [0.25, 0.3) is 39.3 Å². The standard InChI is InChI=1S/C20H12F3N5O3/c1-9-12(18-26-14-11(31-18)7-8-24-17(14)29)19(30)28-16(25-9)13(10-5-3-2-4-6-10)15(27-28)20(21,22)23/h2-8,25H,1H3,(H,24,29). The summed E-state index contributed by atoms with van der Waals surface area (Å²) in [4.78, 5) is 34.4. The average Bonchev–Trinajstić information content (AvgIpc) is 3.31. The van der Waals surface area contributed by atoms with Crippen LogP contribution in [0.3, 0.4) is 0 Å². The van der Waals surface area contributed by atoms with Gasteiger partial charge in [0.25, 0.3) is 11.1 Å². The largest absolute Gasteiger partial charge is 0.436 e. The van der Waals surface area contributed by atoms with E-state index in [4.69, 9.17) is 4.42 Å². The van der Waals surface area contributed by atoms with Gasteiger partial charge in [-0.25, -0.2) is 4.98 Å². The Labute approximate surface area is 170 Å². The summed E-state index contributed by atoms with van der Waals surface area (Å²) in [5, 5.41) is 3.57. The highest BCUT2D eigenvalue weighted by Gasteiger charge is 2.39. The number of pyridine rings is 1. The Morgan fingerprint density at radius 2 is 1.81 bits per heavy atom. The van der Waals surface area contributed by atoms with Crippen molar-refractivity contribution in [3.8, 4) is 22.6 Å². The molecule has 0 amide bonds. The summed E-state index contributed by atoms with van der Waals surface area (Å²) < 4.78 is 47.4. The summed E-state index contributed by atoms with van der Waals surface area (Å²) in [6.45, 7) is 1.50. The van der Waals surface area contributed by atoms with Gasteiger partial charge in [-0.1, -0.05) is 30.3 Å². The number of oxazole rings is 1. The first-order valence-electron chi connectivity index (χ1n) is 9.02. The molecule has 8 nitrogen and oxygen atoms in total. The van der Waals surface area contributed by atoms with Crippen LogP contribution in [0, 0.1) is 6.92 Å². The molecule has 0 aliphatic rings. The number of aryl methyl sites for hydroxylation is 1. The molecule has 1 aromatic carbocycles. The number of hydrogen-bond donors (Lipinski definition) is 2. The Bertz CT molecular complexity index is 1580. The number of hydrogen-bond acceptors (Lipinski definition) is 5. The summed E-state index contributed by atoms with van der Waals surface area (Å²) in [5.41, 5.74) is -2.48. The van der Waals surface area contributed by atoms with Gasteiger partial charge in [-0.2, -0.15) is 22.8 Å². The normalized spacial score (nSPS) is 12.1. The van der Waals surface area contributed by atoms with Gasteiger partial charge in [0, 0.05) is 11.9 Å². The third kappa shape index (κ3) is 2.85. The lowest BCUT2D eigenvalue weighted by atomic mass is 10.1. The van der Waals surface area contributed by atoms with Crippen LogP contribution in [0.1, 0.15) is 11.4 Å². The lowest BCUT2D eigenvalue weighted by Crippen LogP contribution is -2.20.